The third kappa shape index (κ3) is 6.73. The molecule has 212 valence electrons. The van der Waals surface area contributed by atoms with Gasteiger partial charge >= 0.3 is 0 Å². The summed E-state index contributed by atoms with van der Waals surface area (Å²) >= 11 is 1.61. The molecular weight excluding hydrogens is 534 g/mol. The number of carbonyl (C=O) groups is 1. The van der Waals surface area contributed by atoms with E-state index in [1.165, 1.54) is 11.6 Å². The number of amides is 1. The summed E-state index contributed by atoms with van der Waals surface area (Å²) in [6.07, 6.45) is 5.06. The van der Waals surface area contributed by atoms with Gasteiger partial charge in [0.05, 0.1) is 18.6 Å². The number of aromatic nitrogens is 3. The van der Waals surface area contributed by atoms with Crippen LogP contribution in [0.4, 0.5) is 11.5 Å². The summed E-state index contributed by atoms with van der Waals surface area (Å²) in [6, 6.07) is 19.4. The van der Waals surface area contributed by atoms with Gasteiger partial charge in [-0.25, -0.2) is 9.97 Å². The second-order valence-electron chi connectivity index (χ2n) is 10.5. The molecule has 0 aliphatic carbocycles. The van der Waals surface area contributed by atoms with Gasteiger partial charge in [-0.05, 0) is 78.9 Å². The van der Waals surface area contributed by atoms with Crippen LogP contribution in [-0.2, 0) is 16.1 Å². The topological polar surface area (TPSA) is 98.4 Å². The van der Waals surface area contributed by atoms with Gasteiger partial charge in [-0.3, -0.25) is 9.69 Å². The lowest BCUT2D eigenvalue weighted by Crippen LogP contribution is -2.46. The zero-order valence-electron chi connectivity index (χ0n) is 23.0. The number of nitrogens with zero attached hydrogens (tertiary/aromatic N) is 4. The maximum Gasteiger partial charge on any atom is 0.243 e. The van der Waals surface area contributed by atoms with Crippen LogP contribution >= 0.6 is 11.9 Å². The number of H-pyrrole nitrogens is 1. The van der Waals surface area contributed by atoms with Crippen LogP contribution in [0.15, 0.2) is 78.5 Å². The monoisotopic (exact) mass is 569 g/mol. The molecule has 2 aliphatic heterocycles. The first kappa shape index (κ1) is 27.3. The molecule has 9 nitrogen and oxygen atoms in total. The number of nitrogens with one attached hydrogen (secondary N) is 3. The Balaban J connectivity index is 1.07. The average molecular weight is 570 g/mol. The van der Waals surface area contributed by atoms with Gasteiger partial charge in [-0.2, -0.15) is 0 Å². The number of morpholine rings is 1. The Labute approximate surface area is 244 Å². The van der Waals surface area contributed by atoms with E-state index < -0.39 is 0 Å². The normalized spacial score (nSPS) is 17.9. The standard InChI is InChI=1S/C31H35N7O2S/c1-2-29(39)34-25-6-4-12-37(20-25)19-22-5-3-7-26(17-22)41-36-24-10-8-23(9-11-24)28-18-27-30(35-28)32-21-33-31(27)38-13-15-40-16-14-38/h2-3,5,7-11,17-18,21,25,36H,1,4,6,12-16,19-20H2,(H,34,39)(H,32,33,35). The van der Waals surface area contributed by atoms with E-state index in [1.807, 2.05) is 0 Å². The van der Waals surface area contributed by atoms with E-state index >= 15 is 0 Å². The molecule has 1 atom stereocenters. The second-order valence-corrected chi connectivity index (χ2v) is 11.3. The predicted octanol–water partition coefficient (Wildman–Crippen LogP) is 4.85. The van der Waals surface area contributed by atoms with E-state index in [1.54, 1.807) is 18.3 Å². The van der Waals surface area contributed by atoms with Crippen molar-refractivity contribution >= 4 is 40.4 Å². The van der Waals surface area contributed by atoms with Crippen molar-refractivity contribution < 1.29 is 9.53 Å². The number of benzene rings is 2. The maximum atomic E-state index is 11.7. The van der Waals surface area contributed by atoms with Gasteiger partial charge in [-0.1, -0.05) is 30.8 Å². The summed E-state index contributed by atoms with van der Waals surface area (Å²) in [5.41, 5.74) is 5.26. The van der Waals surface area contributed by atoms with Crippen LogP contribution in [0.5, 0.6) is 0 Å². The maximum absolute atomic E-state index is 11.7. The molecule has 1 amide bonds. The fraction of sp³-hybridized carbons (Fsp3) is 0.323. The summed E-state index contributed by atoms with van der Waals surface area (Å²) in [6.45, 7) is 9.44. The quantitative estimate of drug-likeness (QED) is 0.195. The highest BCUT2D eigenvalue weighted by Gasteiger charge is 2.21. The van der Waals surface area contributed by atoms with E-state index in [9.17, 15) is 4.79 Å². The van der Waals surface area contributed by atoms with Crippen LogP contribution in [0.25, 0.3) is 22.3 Å². The number of hydrogen-bond acceptors (Lipinski definition) is 8. The van der Waals surface area contributed by atoms with E-state index in [4.69, 9.17) is 4.74 Å². The molecule has 6 rings (SSSR count). The highest BCUT2D eigenvalue weighted by Crippen LogP contribution is 2.30. The molecule has 0 radical (unpaired) electrons. The van der Waals surface area contributed by atoms with Crippen LogP contribution in [0.1, 0.15) is 18.4 Å². The summed E-state index contributed by atoms with van der Waals surface area (Å²) < 4.78 is 8.98. The fourth-order valence-electron chi connectivity index (χ4n) is 5.49. The molecule has 2 aliphatic rings. The van der Waals surface area contributed by atoms with Gasteiger partial charge in [-0.15, -0.1) is 0 Å². The molecule has 4 aromatic rings. The number of likely N-dealkylation sites (tertiary alicyclic amines) is 1. The van der Waals surface area contributed by atoms with Crippen LogP contribution in [-0.4, -0.2) is 71.2 Å². The summed E-state index contributed by atoms with van der Waals surface area (Å²) in [4.78, 5) is 30.0. The van der Waals surface area contributed by atoms with E-state index in [0.29, 0.717) is 0 Å². The molecule has 2 aromatic heterocycles. The second kappa shape index (κ2) is 12.8. The minimum absolute atomic E-state index is 0.0945. The Morgan fingerprint density at radius 3 is 2.80 bits per heavy atom. The molecule has 2 aromatic carbocycles. The molecule has 3 N–H and O–H groups in total. The van der Waals surface area contributed by atoms with Crippen molar-refractivity contribution in [2.45, 2.75) is 30.3 Å². The average Bonchev–Trinajstić information content (AvgIpc) is 3.46. The minimum atomic E-state index is -0.0945. The highest BCUT2D eigenvalue weighted by molar-refractivity contribution is 8.00. The molecule has 0 saturated carbocycles. The largest absolute Gasteiger partial charge is 0.378 e. The van der Waals surface area contributed by atoms with Gasteiger partial charge < -0.3 is 24.7 Å². The summed E-state index contributed by atoms with van der Waals surface area (Å²) in [7, 11) is 0. The van der Waals surface area contributed by atoms with Crippen molar-refractivity contribution in [2.24, 2.45) is 0 Å². The van der Waals surface area contributed by atoms with Gasteiger partial charge in [0.1, 0.15) is 17.8 Å². The third-order valence-electron chi connectivity index (χ3n) is 7.54. The molecule has 0 spiro atoms. The number of rotatable bonds is 9. The number of ether oxygens (including phenoxy) is 1. The Morgan fingerprint density at radius 2 is 1.98 bits per heavy atom. The number of anilines is 2. The lowest BCUT2D eigenvalue weighted by Gasteiger charge is -2.33. The number of hydrogen-bond donors (Lipinski definition) is 3. The number of aromatic amines is 1. The molecular formula is C31H35N7O2S. The fourth-order valence-corrected chi connectivity index (χ4v) is 6.22. The zero-order valence-corrected chi connectivity index (χ0v) is 23.8. The number of piperidine rings is 1. The van der Waals surface area contributed by atoms with Crippen molar-refractivity contribution in [3.8, 4) is 11.3 Å². The lowest BCUT2D eigenvalue weighted by molar-refractivity contribution is -0.117. The highest BCUT2D eigenvalue weighted by atomic mass is 32.2. The van der Waals surface area contributed by atoms with Gasteiger partial charge in [0.15, 0.2) is 0 Å². The van der Waals surface area contributed by atoms with Crippen LogP contribution < -0.4 is 14.9 Å². The first-order valence-corrected chi connectivity index (χ1v) is 14.9. The molecule has 10 heteroatoms. The smallest absolute Gasteiger partial charge is 0.243 e. The van der Waals surface area contributed by atoms with E-state index in [-0.39, 0.29) is 11.9 Å². The zero-order chi connectivity index (χ0) is 28.0. The SMILES string of the molecule is C=CC(=O)NC1CCCN(Cc2cccc(SNc3ccc(-c4cc5c(N6CCOCC6)ncnc5[nH]4)cc3)c2)C1. The predicted molar refractivity (Wildman–Crippen MR) is 165 cm³/mol. The third-order valence-corrected chi connectivity index (χ3v) is 8.37. The van der Waals surface area contributed by atoms with Gasteiger partial charge in [0.2, 0.25) is 5.91 Å². The molecule has 0 bridgehead atoms. The summed E-state index contributed by atoms with van der Waals surface area (Å²) in [5, 5.41) is 4.08. The first-order chi connectivity index (χ1) is 20.1. The molecule has 41 heavy (non-hydrogen) atoms. The Hall–Kier alpha value is -3.86. The van der Waals surface area contributed by atoms with Crippen LogP contribution in [0.2, 0.25) is 0 Å². The summed E-state index contributed by atoms with van der Waals surface area (Å²) in [5.74, 6) is 0.861. The number of carbonyl (C=O) groups excluding carboxylic acids is 1. The Bertz CT molecular complexity index is 1500. The van der Waals surface area contributed by atoms with Crippen molar-refractivity contribution in [2.75, 3.05) is 49.0 Å². The van der Waals surface area contributed by atoms with Gasteiger partial charge in [0.25, 0.3) is 0 Å². The molecule has 2 fully saturated rings. The van der Waals surface area contributed by atoms with Crippen LogP contribution in [0.3, 0.4) is 0 Å². The van der Waals surface area contributed by atoms with Crippen molar-refractivity contribution in [1.29, 1.82) is 0 Å². The molecule has 4 heterocycles. The number of fused-ring (bicyclic) bond motifs is 1. The van der Waals surface area contributed by atoms with E-state index in [2.05, 4.69) is 96.0 Å². The molecule has 1 unspecified atom stereocenters. The molecule has 2 saturated heterocycles. The minimum Gasteiger partial charge on any atom is -0.378 e. The van der Waals surface area contributed by atoms with E-state index in [0.717, 1.165) is 97.5 Å². The van der Waals surface area contributed by atoms with Crippen molar-refractivity contribution in [3.05, 3.63) is 79.1 Å². The first-order valence-electron chi connectivity index (χ1n) is 14.1. The Kier molecular flexibility index (Phi) is 8.50. The van der Waals surface area contributed by atoms with Crippen molar-refractivity contribution in [3.63, 3.8) is 0 Å². The van der Waals surface area contributed by atoms with Crippen LogP contribution in [0, 0.1) is 0 Å². The Morgan fingerprint density at radius 1 is 1.12 bits per heavy atom. The van der Waals surface area contributed by atoms with Gasteiger partial charge in [0, 0.05) is 48.5 Å². The lowest BCUT2D eigenvalue weighted by atomic mass is 10.0. The van der Waals surface area contributed by atoms with Crippen molar-refractivity contribution in [1.82, 2.24) is 25.2 Å².